The van der Waals surface area contributed by atoms with Gasteiger partial charge in [0.25, 0.3) is 0 Å². The Bertz CT molecular complexity index is 354. The van der Waals surface area contributed by atoms with E-state index in [-0.39, 0.29) is 0 Å². The molecule has 1 heterocycles. The van der Waals surface area contributed by atoms with Gasteiger partial charge in [-0.2, -0.15) is 0 Å². The van der Waals surface area contributed by atoms with Crippen LogP contribution in [0, 0.1) is 18.8 Å². The molecule has 0 fully saturated rings. The van der Waals surface area contributed by atoms with Crippen molar-refractivity contribution in [1.29, 1.82) is 0 Å². The monoisotopic (exact) mass is 245 g/mol. The van der Waals surface area contributed by atoms with Crippen LogP contribution in [0.5, 0.6) is 0 Å². The summed E-state index contributed by atoms with van der Waals surface area (Å²) in [5.41, 5.74) is 2.54. The smallest absolute Gasteiger partial charge is 0.125 e. The molecule has 0 aliphatic carbocycles. The second kappa shape index (κ2) is 10.4. The quantitative estimate of drug-likeness (QED) is 0.740. The Morgan fingerprint density at radius 1 is 1.22 bits per heavy atom. The lowest BCUT2D eigenvalue weighted by Gasteiger charge is -2.06. The van der Waals surface area contributed by atoms with Crippen molar-refractivity contribution < 1.29 is 4.84 Å². The van der Waals surface area contributed by atoms with Gasteiger partial charge in [0.15, 0.2) is 0 Å². The summed E-state index contributed by atoms with van der Waals surface area (Å²) < 4.78 is 0. The average molecular weight is 245 g/mol. The molecule has 0 saturated heterocycles. The summed E-state index contributed by atoms with van der Waals surface area (Å²) in [6, 6.07) is 10.6. The van der Waals surface area contributed by atoms with Gasteiger partial charge in [-0.3, -0.25) is 0 Å². The van der Waals surface area contributed by atoms with Crippen LogP contribution in [0.4, 0.5) is 0 Å². The Kier molecular flexibility index (Phi) is 9.40. The Hall–Kier alpha value is -1.75. The van der Waals surface area contributed by atoms with E-state index >= 15 is 0 Å². The highest BCUT2D eigenvalue weighted by atomic mass is 16.6. The van der Waals surface area contributed by atoms with Crippen LogP contribution in [0.15, 0.2) is 35.5 Å². The lowest BCUT2D eigenvalue weighted by molar-refractivity contribution is 0.152. The maximum atomic E-state index is 5.05. The molecule has 1 aliphatic heterocycles. The average Bonchev–Trinajstić information content (AvgIpc) is 2.88. The molecule has 1 atom stereocenters. The molecule has 1 aromatic carbocycles. The lowest BCUT2D eigenvalue weighted by atomic mass is 9.97. The van der Waals surface area contributed by atoms with Crippen molar-refractivity contribution in [3.05, 3.63) is 35.9 Å². The van der Waals surface area contributed by atoms with Gasteiger partial charge in [0, 0.05) is 5.92 Å². The molecule has 2 nitrogen and oxygen atoms in total. The topological polar surface area (TPSA) is 21.6 Å². The highest BCUT2D eigenvalue weighted by molar-refractivity contribution is 5.84. The molecule has 0 saturated carbocycles. The van der Waals surface area contributed by atoms with Crippen LogP contribution in [-0.4, -0.2) is 12.3 Å². The van der Waals surface area contributed by atoms with E-state index < -0.39 is 0 Å². The standard InChI is InChI=1S/C12H15NO.C2H6.C2H2/c1-10-12(9-14-13-10)8-7-11-5-3-2-4-6-11;2*1-2/h2-6,12H,7-9H2,1H3;1-2H3;1-2H/t12-;;/m1../s1. The Balaban J connectivity index is 0.000000659. The van der Waals surface area contributed by atoms with Gasteiger partial charge in [-0.15, -0.1) is 12.8 Å². The summed E-state index contributed by atoms with van der Waals surface area (Å²) >= 11 is 0. The highest BCUT2D eigenvalue weighted by Gasteiger charge is 2.18. The van der Waals surface area contributed by atoms with E-state index in [1.165, 1.54) is 5.56 Å². The fraction of sp³-hybridized carbons (Fsp3) is 0.438. The Morgan fingerprint density at radius 2 is 1.83 bits per heavy atom. The molecule has 0 amide bonds. The van der Waals surface area contributed by atoms with E-state index in [0.717, 1.165) is 25.2 Å². The molecule has 98 valence electrons. The maximum absolute atomic E-state index is 5.05. The third-order valence-electron chi connectivity index (χ3n) is 2.70. The van der Waals surface area contributed by atoms with Crippen LogP contribution < -0.4 is 0 Å². The number of benzene rings is 1. The fourth-order valence-corrected chi connectivity index (χ4v) is 1.70. The first kappa shape index (κ1) is 16.2. The van der Waals surface area contributed by atoms with Crippen molar-refractivity contribution in [3.63, 3.8) is 0 Å². The Labute approximate surface area is 111 Å². The normalized spacial score (nSPS) is 16.3. The molecule has 0 unspecified atom stereocenters. The largest absolute Gasteiger partial charge is 0.395 e. The zero-order valence-corrected chi connectivity index (χ0v) is 11.6. The first-order valence-electron chi connectivity index (χ1n) is 6.40. The SMILES string of the molecule is C#C.CC.CC1=NOC[C@H]1CCc1ccccc1. The van der Waals surface area contributed by atoms with Crippen LogP contribution in [0.1, 0.15) is 32.8 Å². The summed E-state index contributed by atoms with van der Waals surface area (Å²) in [6.45, 7) is 6.81. The van der Waals surface area contributed by atoms with Gasteiger partial charge in [-0.25, -0.2) is 0 Å². The van der Waals surface area contributed by atoms with E-state index in [2.05, 4.69) is 48.3 Å². The molecule has 0 bridgehead atoms. The van der Waals surface area contributed by atoms with E-state index in [0.29, 0.717) is 5.92 Å². The van der Waals surface area contributed by atoms with Gasteiger partial charge in [-0.1, -0.05) is 49.3 Å². The minimum atomic E-state index is 0.523. The third-order valence-corrected chi connectivity index (χ3v) is 2.70. The first-order valence-corrected chi connectivity index (χ1v) is 6.40. The van der Waals surface area contributed by atoms with Gasteiger partial charge < -0.3 is 4.84 Å². The summed E-state index contributed by atoms with van der Waals surface area (Å²) in [5.74, 6) is 0.523. The van der Waals surface area contributed by atoms with Gasteiger partial charge in [0.2, 0.25) is 0 Å². The summed E-state index contributed by atoms with van der Waals surface area (Å²) in [7, 11) is 0. The van der Waals surface area contributed by atoms with Crippen LogP contribution in [0.25, 0.3) is 0 Å². The van der Waals surface area contributed by atoms with Crippen molar-refractivity contribution in [1.82, 2.24) is 0 Å². The molecule has 2 heteroatoms. The number of aryl methyl sites for hydroxylation is 1. The van der Waals surface area contributed by atoms with Crippen LogP contribution in [0.3, 0.4) is 0 Å². The molecule has 0 N–H and O–H groups in total. The molecule has 0 radical (unpaired) electrons. The van der Waals surface area contributed by atoms with Gasteiger partial charge in [0.05, 0.1) is 5.71 Å². The fourth-order valence-electron chi connectivity index (χ4n) is 1.70. The number of oxime groups is 1. The summed E-state index contributed by atoms with van der Waals surface area (Å²) in [4.78, 5) is 5.05. The van der Waals surface area contributed by atoms with Crippen molar-refractivity contribution >= 4 is 5.71 Å². The van der Waals surface area contributed by atoms with Crippen LogP contribution >= 0.6 is 0 Å². The molecule has 1 aliphatic rings. The molecule has 0 aromatic heterocycles. The number of hydrogen-bond acceptors (Lipinski definition) is 2. The zero-order chi connectivity index (χ0) is 13.8. The molecular formula is C16H23NO. The van der Waals surface area contributed by atoms with Crippen LogP contribution in [0.2, 0.25) is 0 Å². The molecule has 18 heavy (non-hydrogen) atoms. The highest BCUT2D eigenvalue weighted by Crippen LogP contribution is 2.16. The van der Waals surface area contributed by atoms with E-state index in [4.69, 9.17) is 4.84 Å². The maximum Gasteiger partial charge on any atom is 0.125 e. The van der Waals surface area contributed by atoms with Gasteiger partial charge >= 0.3 is 0 Å². The second-order valence-electron chi connectivity index (χ2n) is 3.75. The lowest BCUT2D eigenvalue weighted by Crippen LogP contribution is -2.10. The van der Waals surface area contributed by atoms with Crippen molar-refractivity contribution in [3.8, 4) is 12.8 Å². The van der Waals surface area contributed by atoms with Crippen LogP contribution in [-0.2, 0) is 11.3 Å². The van der Waals surface area contributed by atoms with Crippen molar-refractivity contribution in [2.45, 2.75) is 33.6 Å². The molecule has 2 rings (SSSR count). The van der Waals surface area contributed by atoms with E-state index in [1.54, 1.807) is 0 Å². The number of rotatable bonds is 3. The number of nitrogens with zero attached hydrogens (tertiary/aromatic N) is 1. The van der Waals surface area contributed by atoms with Crippen molar-refractivity contribution in [2.75, 3.05) is 6.61 Å². The molecule has 0 spiro atoms. The summed E-state index contributed by atoms with van der Waals surface area (Å²) in [5, 5.41) is 3.95. The predicted octanol–water partition coefficient (Wildman–Crippen LogP) is 3.92. The predicted molar refractivity (Wildman–Crippen MR) is 78.6 cm³/mol. The number of terminal acetylenes is 1. The van der Waals surface area contributed by atoms with Gasteiger partial charge in [-0.05, 0) is 25.3 Å². The van der Waals surface area contributed by atoms with E-state index in [1.807, 2.05) is 20.8 Å². The minimum absolute atomic E-state index is 0.523. The zero-order valence-electron chi connectivity index (χ0n) is 11.6. The van der Waals surface area contributed by atoms with Gasteiger partial charge in [0.1, 0.15) is 6.61 Å². The Morgan fingerprint density at radius 3 is 2.33 bits per heavy atom. The molecule has 1 aromatic rings. The van der Waals surface area contributed by atoms with Crippen molar-refractivity contribution in [2.24, 2.45) is 11.1 Å². The molecular weight excluding hydrogens is 222 g/mol. The first-order chi connectivity index (χ1) is 8.86. The minimum Gasteiger partial charge on any atom is -0.395 e. The second-order valence-corrected chi connectivity index (χ2v) is 3.75. The van der Waals surface area contributed by atoms with E-state index in [9.17, 15) is 0 Å². The summed E-state index contributed by atoms with van der Waals surface area (Å²) in [6.07, 6.45) is 10.3. The third kappa shape index (κ3) is 5.54. The number of hydrogen-bond donors (Lipinski definition) is 0.